The summed E-state index contributed by atoms with van der Waals surface area (Å²) >= 11 is 0. The van der Waals surface area contributed by atoms with Crippen molar-refractivity contribution in [2.45, 2.75) is 13.8 Å². The Morgan fingerprint density at radius 3 is 2.50 bits per heavy atom. The number of aryl methyl sites for hydroxylation is 2. The van der Waals surface area contributed by atoms with Gasteiger partial charge in [0.05, 0.1) is 0 Å². The molecule has 0 aliphatic carbocycles. The summed E-state index contributed by atoms with van der Waals surface area (Å²) < 4.78 is 0. The van der Waals surface area contributed by atoms with E-state index in [9.17, 15) is 0 Å². The standard InChI is InChI=1S/C12H20N2/c1-10-5-6-12(11(2)9-10)13-7-8-14(3)4/h5-6,9,13H,7-8H2,1-4H3. The summed E-state index contributed by atoms with van der Waals surface area (Å²) in [6.45, 7) is 6.33. The SMILES string of the molecule is Cc1ccc(NCCN(C)C)c(C)c1. The highest BCUT2D eigenvalue weighted by Crippen LogP contribution is 2.15. The van der Waals surface area contributed by atoms with Gasteiger partial charge in [-0.2, -0.15) is 0 Å². The molecule has 0 fully saturated rings. The number of hydrogen-bond acceptors (Lipinski definition) is 2. The molecule has 0 amide bonds. The molecule has 1 rings (SSSR count). The molecule has 14 heavy (non-hydrogen) atoms. The van der Waals surface area contributed by atoms with Gasteiger partial charge in [-0.15, -0.1) is 0 Å². The zero-order chi connectivity index (χ0) is 10.6. The van der Waals surface area contributed by atoms with E-state index in [1.807, 2.05) is 0 Å². The molecular formula is C12H20N2. The first kappa shape index (κ1) is 11.1. The van der Waals surface area contributed by atoms with Gasteiger partial charge in [-0.3, -0.25) is 0 Å². The fourth-order valence-electron chi connectivity index (χ4n) is 1.43. The van der Waals surface area contributed by atoms with Gasteiger partial charge in [0.1, 0.15) is 0 Å². The lowest BCUT2D eigenvalue weighted by Gasteiger charge is -2.13. The molecule has 1 aromatic rings. The molecule has 0 spiro atoms. The molecule has 0 aromatic heterocycles. The van der Waals surface area contributed by atoms with E-state index in [-0.39, 0.29) is 0 Å². The molecule has 0 unspecified atom stereocenters. The second kappa shape index (κ2) is 5.01. The van der Waals surface area contributed by atoms with Gasteiger partial charge in [0.15, 0.2) is 0 Å². The molecule has 0 atom stereocenters. The number of hydrogen-bond donors (Lipinski definition) is 1. The van der Waals surface area contributed by atoms with Crippen LogP contribution >= 0.6 is 0 Å². The Labute approximate surface area is 86.9 Å². The second-order valence-electron chi connectivity index (χ2n) is 4.05. The monoisotopic (exact) mass is 192 g/mol. The predicted octanol–water partition coefficient (Wildman–Crippen LogP) is 2.28. The normalized spacial score (nSPS) is 10.6. The summed E-state index contributed by atoms with van der Waals surface area (Å²) in [7, 11) is 4.17. The maximum atomic E-state index is 3.43. The lowest BCUT2D eigenvalue weighted by Crippen LogP contribution is -2.21. The molecule has 0 bridgehead atoms. The first-order valence-corrected chi connectivity index (χ1v) is 5.05. The van der Waals surface area contributed by atoms with Crippen molar-refractivity contribution in [3.63, 3.8) is 0 Å². The molecule has 1 N–H and O–H groups in total. The molecule has 0 aliphatic rings. The van der Waals surface area contributed by atoms with Crippen LogP contribution in [0.5, 0.6) is 0 Å². The van der Waals surface area contributed by atoms with Gasteiger partial charge in [-0.05, 0) is 39.6 Å². The Morgan fingerprint density at radius 1 is 1.21 bits per heavy atom. The van der Waals surface area contributed by atoms with Crippen molar-refractivity contribution in [3.05, 3.63) is 29.3 Å². The summed E-state index contributed by atoms with van der Waals surface area (Å²) in [5, 5.41) is 3.43. The Hall–Kier alpha value is -1.02. The highest BCUT2D eigenvalue weighted by molar-refractivity contribution is 5.51. The van der Waals surface area contributed by atoms with E-state index in [1.165, 1.54) is 16.8 Å². The maximum absolute atomic E-state index is 3.43. The van der Waals surface area contributed by atoms with E-state index in [0.717, 1.165) is 13.1 Å². The average molecular weight is 192 g/mol. The molecule has 0 saturated carbocycles. The molecule has 78 valence electrons. The molecule has 0 aliphatic heterocycles. The van der Waals surface area contributed by atoms with Crippen molar-refractivity contribution in [1.29, 1.82) is 0 Å². The Morgan fingerprint density at radius 2 is 1.93 bits per heavy atom. The van der Waals surface area contributed by atoms with Gasteiger partial charge in [0, 0.05) is 18.8 Å². The molecule has 2 nitrogen and oxygen atoms in total. The summed E-state index contributed by atoms with van der Waals surface area (Å²) in [6.07, 6.45) is 0. The number of nitrogens with zero attached hydrogens (tertiary/aromatic N) is 1. The minimum atomic E-state index is 0.997. The molecule has 1 aromatic carbocycles. The molecule has 0 saturated heterocycles. The maximum Gasteiger partial charge on any atom is 0.0370 e. The van der Waals surface area contributed by atoms with Crippen LogP contribution in [-0.2, 0) is 0 Å². The topological polar surface area (TPSA) is 15.3 Å². The summed E-state index contributed by atoms with van der Waals surface area (Å²) in [6, 6.07) is 6.50. The quantitative estimate of drug-likeness (QED) is 0.787. The fraction of sp³-hybridized carbons (Fsp3) is 0.500. The third kappa shape index (κ3) is 3.38. The minimum absolute atomic E-state index is 0.997. The van der Waals surface area contributed by atoms with Crippen LogP contribution in [0, 0.1) is 13.8 Å². The Bertz CT molecular complexity index is 292. The predicted molar refractivity (Wildman–Crippen MR) is 63.0 cm³/mol. The van der Waals surface area contributed by atoms with Crippen molar-refractivity contribution >= 4 is 5.69 Å². The smallest absolute Gasteiger partial charge is 0.0370 e. The van der Waals surface area contributed by atoms with Crippen LogP contribution in [0.1, 0.15) is 11.1 Å². The molecular weight excluding hydrogens is 172 g/mol. The summed E-state index contributed by atoms with van der Waals surface area (Å²) in [5.74, 6) is 0. The van der Waals surface area contributed by atoms with Crippen LogP contribution < -0.4 is 5.32 Å². The van der Waals surface area contributed by atoms with Gasteiger partial charge in [0.25, 0.3) is 0 Å². The van der Waals surface area contributed by atoms with Crippen LogP contribution in [0.2, 0.25) is 0 Å². The van der Waals surface area contributed by atoms with Gasteiger partial charge < -0.3 is 10.2 Å². The second-order valence-corrected chi connectivity index (χ2v) is 4.05. The van der Waals surface area contributed by atoms with Crippen molar-refractivity contribution < 1.29 is 0 Å². The fourth-order valence-corrected chi connectivity index (χ4v) is 1.43. The van der Waals surface area contributed by atoms with E-state index < -0.39 is 0 Å². The zero-order valence-corrected chi connectivity index (χ0v) is 9.59. The number of anilines is 1. The molecule has 0 heterocycles. The van der Waals surface area contributed by atoms with Gasteiger partial charge in [-0.1, -0.05) is 17.7 Å². The third-order valence-corrected chi connectivity index (χ3v) is 2.26. The van der Waals surface area contributed by atoms with Crippen molar-refractivity contribution in [3.8, 4) is 0 Å². The van der Waals surface area contributed by atoms with Crippen LogP contribution in [0.25, 0.3) is 0 Å². The molecule has 2 heteroatoms. The Kier molecular flexibility index (Phi) is 3.96. The third-order valence-electron chi connectivity index (χ3n) is 2.26. The van der Waals surface area contributed by atoms with Crippen molar-refractivity contribution in [2.24, 2.45) is 0 Å². The highest BCUT2D eigenvalue weighted by atomic mass is 15.1. The van der Waals surface area contributed by atoms with E-state index in [0.29, 0.717) is 0 Å². The first-order valence-electron chi connectivity index (χ1n) is 5.05. The summed E-state index contributed by atoms with van der Waals surface area (Å²) in [5.41, 5.74) is 3.89. The minimum Gasteiger partial charge on any atom is -0.384 e. The van der Waals surface area contributed by atoms with Crippen LogP contribution in [0.3, 0.4) is 0 Å². The van der Waals surface area contributed by atoms with E-state index in [2.05, 4.69) is 56.4 Å². The first-order chi connectivity index (χ1) is 6.59. The summed E-state index contributed by atoms with van der Waals surface area (Å²) in [4.78, 5) is 2.18. The van der Waals surface area contributed by atoms with Crippen molar-refractivity contribution in [1.82, 2.24) is 4.90 Å². The van der Waals surface area contributed by atoms with E-state index in [1.54, 1.807) is 0 Å². The number of nitrogens with one attached hydrogen (secondary N) is 1. The van der Waals surface area contributed by atoms with Crippen LogP contribution in [0.15, 0.2) is 18.2 Å². The zero-order valence-electron chi connectivity index (χ0n) is 9.59. The highest BCUT2D eigenvalue weighted by Gasteiger charge is 1.97. The van der Waals surface area contributed by atoms with E-state index in [4.69, 9.17) is 0 Å². The lowest BCUT2D eigenvalue weighted by molar-refractivity contribution is 0.425. The number of benzene rings is 1. The van der Waals surface area contributed by atoms with Crippen LogP contribution in [0.4, 0.5) is 5.69 Å². The molecule has 0 radical (unpaired) electrons. The van der Waals surface area contributed by atoms with E-state index >= 15 is 0 Å². The largest absolute Gasteiger partial charge is 0.384 e. The average Bonchev–Trinajstić information content (AvgIpc) is 2.08. The van der Waals surface area contributed by atoms with Crippen molar-refractivity contribution in [2.75, 3.05) is 32.5 Å². The van der Waals surface area contributed by atoms with Gasteiger partial charge in [-0.25, -0.2) is 0 Å². The number of rotatable bonds is 4. The lowest BCUT2D eigenvalue weighted by atomic mass is 10.1. The Balaban J connectivity index is 2.51. The number of likely N-dealkylation sites (N-methyl/N-ethyl adjacent to an activating group) is 1. The van der Waals surface area contributed by atoms with Gasteiger partial charge in [0.2, 0.25) is 0 Å². The van der Waals surface area contributed by atoms with Gasteiger partial charge >= 0.3 is 0 Å². The van der Waals surface area contributed by atoms with Crippen LogP contribution in [-0.4, -0.2) is 32.1 Å².